The van der Waals surface area contributed by atoms with Gasteiger partial charge < -0.3 is 0 Å². The summed E-state index contributed by atoms with van der Waals surface area (Å²) in [6.45, 7) is 5.15. The van der Waals surface area contributed by atoms with Crippen molar-refractivity contribution < 1.29 is 13.6 Å². The predicted octanol–water partition coefficient (Wildman–Crippen LogP) is 3.35. The van der Waals surface area contributed by atoms with Crippen LogP contribution in [-0.4, -0.2) is 11.7 Å². The van der Waals surface area contributed by atoms with Gasteiger partial charge in [0.05, 0.1) is 0 Å². The van der Waals surface area contributed by atoms with E-state index in [-0.39, 0.29) is 31.0 Å². The van der Waals surface area contributed by atoms with Gasteiger partial charge in [-0.05, 0) is 31.3 Å². The monoisotopic (exact) mass is 202 g/mol. The van der Waals surface area contributed by atoms with Gasteiger partial charge in [-0.3, -0.25) is 4.79 Å². The number of Topliss-reactive ketones (excluding diaryl/α,β-unsaturated/α-hetero) is 1. The maximum Gasteiger partial charge on any atom is 0.248 e. The minimum absolute atomic E-state index is 0.0231. The zero-order valence-corrected chi connectivity index (χ0v) is 8.48. The Morgan fingerprint density at radius 3 is 2.71 bits per heavy atom. The summed E-state index contributed by atoms with van der Waals surface area (Å²) < 4.78 is 25.9. The first kappa shape index (κ1) is 11.3. The Labute approximate surface area is 83.2 Å². The molecule has 0 bridgehead atoms. The van der Waals surface area contributed by atoms with Crippen LogP contribution < -0.4 is 0 Å². The van der Waals surface area contributed by atoms with Crippen LogP contribution in [0, 0.1) is 5.92 Å². The number of hydrogen-bond donors (Lipinski definition) is 0. The summed E-state index contributed by atoms with van der Waals surface area (Å²) in [6.07, 6.45) is 1.36. The number of carbonyl (C=O) groups is 1. The zero-order valence-electron chi connectivity index (χ0n) is 8.48. The van der Waals surface area contributed by atoms with Crippen molar-refractivity contribution in [3.63, 3.8) is 0 Å². The molecule has 1 saturated carbocycles. The van der Waals surface area contributed by atoms with Gasteiger partial charge in [0.15, 0.2) is 5.78 Å². The molecule has 0 spiro atoms. The van der Waals surface area contributed by atoms with Crippen LogP contribution in [0.4, 0.5) is 8.78 Å². The molecule has 1 aliphatic carbocycles. The van der Waals surface area contributed by atoms with E-state index >= 15 is 0 Å². The molecule has 0 saturated heterocycles. The first-order chi connectivity index (χ1) is 6.41. The van der Waals surface area contributed by atoms with Gasteiger partial charge in [-0.25, -0.2) is 8.78 Å². The lowest BCUT2D eigenvalue weighted by Gasteiger charge is -2.28. The average Bonchev–Trinajstić information content (AvgIpc) is 2.01. The maximum absolute atomic E-state index is 13.0. The summed E-state index contributed by atoms with van der Waals surface area (Å²) in [7, 11) is 0. The topological polar surface area (TPSA) is 17.1 Å². The molecule has 0 aromatic heterocycles. The molecule has 0 radical (unpaired) electrons. The summed E-state index contributed by atoms with van der Waals surface area (Å²) >= 11 is 0. The van der Waals surface area contributed by atoms with Gasteiger partial charge in [0, 0.05) is 19.3 Å². The highest BCUT2D eigenvalue weighted by atomic mass is 19.3. The van der Waals surface area contributed by atoms with Crippen molar-refractivity contribution in [2.75, 3.05) is 0 Å². The molecule has 0 aliphatic heterocycles. The van der Waals surface area contributed by atoms with E-state index in [9.17, 15) is 13.6 Å². The molecule has 1 unspecified atom stereocenters. The molecule has 1 fully saturated rings. The highest BCUT2D eigenvalue weighted by molar-refractivity contribution is 5.94. The van der Waals surface area contributed by atoms with Crippen LogP contribution in [0.1, 0.15) is 39.0 Å². The normalized spacial score (nSPS) is 25.8. The molecular weight excluding hydrogens is 186 g/mol. The van der Waals surface area contributed by atoms with E-state index in [4.69, 9.17) is 0 Å². The molecule has 1 aliphatic rings. The van der Waals surface area contributed by atoms with Crippen LogP contribution in [0.5, 0.6) is 0 Å². The summed E-state index contributed by atoms with van der Waals surface area (Å²) in [4.78, 5) is 11.3. The molecule has 0 amide bonds. The second-order valence-electron chi connectivity index (χ2n) is 4.23. The fraction of sp³-hybridized carbons (Fsp3) is 0.727. The predicted molar refractivity (Wildman–Crippen MR) is 51.3 cm³/mol. The number of allylic oxidation sites excluding steroid dienone is 1. The van der Waals surface area contributed by atoms with Crippen molar-refractivity contribution in [2.45, 2.75) is 45.0 Å². The van der Waals surface area contributed by atoms with Crippen molar-refractivity contribution in [1.82, 2.24) is 0 Å². The highest BCUT2D eigenvalue weighted by Gasteiger charge is 2.36. The number of alkyl halides is 2. The zero-order chi connectivity index (χ0) is 10.8. The van der Waals surface area contributed by atoms with E-state index < -0.39 is 5.92 Å². The molecule has 14 heavy (non-hydrogen) atoms. The summed E-state index contributed by atoms with van der Waals surface area (Å²) in [5.74, 6) is -2.78. The van der Waals surface area contributed by atoms with Crippen molar-refractivity contribution in [2.24, 2.45) is 5.92 Å². The van der Waals surface area contributed by atoms with Gasteiger partial charge in [0.25, 0.3) is 0 Å². The first-order valence-corrected chi connectivity index (χ1v) is 4.97. The largest absolute Gasteiger partial charge is 0.295 e. The second-order valence-corrected chi connectivity index (χ2v) is 4.23. The summed E-state index contributed by atoms with van der Waals surface area (Å²) in [5.41, 5.74) is 0.471. The van der Waals surface area contributed by atoms with Crippen LogP contribution >= 0.6 is 0 Å². The maximum atomic E-state index is 13.0. The smallest absolute Gasteiger partial charge is 0.248 e. The van der Waals surface area contributed by atoms with Gasteiger partial charge in [-0.1, -0.05) is 6.58 Å². The molecule has 0 N–H and O–H groups in total. The van der Waals surface area contributed by atoms with E-state index in [1.807, 2.05) is 0 Å². The van der Waals surface area contributed by atoms with E-state index in [2.05, 4.69) is 6.58 Å². The average molecular weight is 202 g/mol. The third-order valence-corrected chi connectivity index (χ3v) is 2.69. The lowest BCUT2D eigenvalue weighted by molar-refractivity contribution is -0.118. The van der Waals surface area contributed by atoms with Gasteiger partial charge >= 0.3 is 0 Å². The second kappa shape index (κ2) is 4.20. The fourth-order valence-electron chi connectivity index (χ4n) is 1.89. The summed E-state index contributed by atoms with van der Waals surface area (Å²) in [5, 5.41) is 0. The molecule has 1 atom stereocenters. The Morgan fingerprint density at radius 1 is 1.57 bits per heavy atom. The van der Waals surface area contributed by atoms with Crippen molar-refractivity contribution >= 4 is 5.78 Å². The minimum Gasteiger partial charge on any atom is -0.295 e. The Bertz CT molecular complexity index is 246. The number of hydrogen-bond acceptors (Lipinski definition) is 1. The minimum atomic E-state index is -2.56. The van der Waals surface area contributed by atoms with Crippen LogP contribution in [0.25, 0.3) is 0 Å². The molecule has 1 nitrogen and oxygen atoms in total. The van der Waals surface area contributed by atoms with Gasteiger partial charge in [-0.2, -0.15) is 0 Å². The number of halogens is 2. The molecule has 0 heterocycles. The molecule has 0 aromatic carbocycles. The molecule has 80 valence electrons. The number of rotatable bonds is 3. The first-order valence-electron chi connectivity index (χ1n) is 4.97. The third kappa shape index (κ3) is 3.20. The molecular formula is C11H16F2O. The lowest BCUT2D eigenvalue weighted by atomic mass is 9.83. The van der Waals surface area contributed by atoms with Crippen molar-refractivity contribution in [3.8, 4) is 0 Å². The Kier molecular flexibility index (Phi) is 3.40. The summed E-state index contributed by atoms with van der Waals surface area (Å²) in [6, 6.07) is 0. The Morgan fingerprint density at radius 2 is 2.21 bits per heavy atom. The van der Waals surface area contributed by atoms with Gasteiger partial charge in [0.2, 0.25) is 5.92 Å². The third-order valence-electron chi connectivity index (χ3n) is 2.69. The van der Waals surface area contributed by atoms with E-state index in [1.54, 1.807) is 6.92 Å². The number of carbonyl (C=O) groups excluding carboxylic acids is 1. The fourth-order valence-corrected chi connectivity index (χ4v) is 1.89. The number of ketones is 1. The van der Waals surface area contributed by atoms with Gasteiger partial charge in [-0.15, -0.1) is 0 Å². The molecule has 3 heteroatoms. The highest BCUT2D eigenvalue weighted by Crippen LogP contribution is 2.38. The SMILES string of the molecule is C=C(C)C(=O)CC1CCCC(F)(F)C1. The molecule has 1 rings (SSSR count). The van der Waals surface area contributed by atoms with Crippen molar-refractivity contribution in [3.05, 3.63) is 12.2 Å². The van der Waals surface area contributed by atoms with Crippen molar-refractivity contribution in [1.29, 1.82) is 0 Å². The van der Waals surface area contributed by atoms with Gasteiger partial charge in [0.1, 0.15) is 0 Å². The van der Waals surface area contributed by atoms with Crippen LogP contribution in [-0.2, 0) is 4.79 Å². The van der Waals surface area contributed by atoms with E-state index in [0.717, 1.165) is 6.42 Å². The van der Waals surface area contributed by atoms with Crippen LogP contribution in [0.3, 0.4) is 0 Å². The lowest BCUT2D eigenvalue weighted by Crippen LogP contribution is -2.27. The van der Waals surface area contributed by atoms with E-state index in [1.165, 1.54) is 0 Å². The standard InChI is InChI=1S/C11H16F2O/c1-8(2)10(14)6-9-4-3-5-11(12,13)7-9/h9H,1,3-7H2,2H3. The van der Waals surface area contributed by atoms with E-state index in [0.29, 0.717) is 12.0 Å². The van der Waals surface area contributed by atoms with Crippen LogP contribution in [0.15, 0.2) is 12.2 Å². The Hall–Kier alpha value is -0.730. The Balaban J connectivity index is 2.46. The quantitative estimate of drug-likeness (QED) is 0.641. The molecule has 0 aromatic rings. The van der Waals surface area contributed by atoms with Crippen LogP contribution in [0.2, 0.25) is 0 Å².